The maximum Gasteiger partial charge on any atom is 0.321 e. The van der Waals surface area contributed by atoms with Crippen molar-refractivity contribution in [2.45, 2.75) is 39.2 Å². The number of carboxylic acids is 1. The number of carboxylic acid groups (broad SMARTS) is 1. The van der Waals surface area contributed by atoms with E-state index in [2.05, 4.69) is 10.6 Å². The molecule has 0 spiro atoms. The lowest BCUT2D eigenvalue weighted by Gasteiger charge is -2.18. The summed E-state index contributed by atoms with van der Waals surface area (Å²) in [5, 5.41) is 13.6. The van der Waals surface area contributed by atoms with Crippen LogP contribution in [0.25, 0.3) is 0 Å². The molecule has 0 radical (unpaired) electrons. The van der Waals surface area contributed by atoms with Crippen LogP contribution in [0.3, 0.4) is 0 Å². The van der Waals surface area contributed by atoms with Crippen LogP contribution in [0.5, 0.6) is 0 Å². The van der Waals surface area contributed by atoms with Crippen molar-refractivity contribution >= 4 is 17.9 Å². The minimum Gasteiger partial charge on any atom is -0.480 e. The number of hydrogen-bond acceptors (Lipinski definition) is 4. The quantitative estimate of drug-likeness (QED) is 0.600. The number of amides is 3. The van der Waals surface area contributed by atoms with Gasteiger partial charge in [-0.2, -0.15) is 0 Å². The second-order valence-corrected chi connectivity index (χ2v) is 5.52. The molecule has 0 unspecified atom stereocenters. The molecule has 0 aromatic heterocycles. The fourth-order valence-electron chi connectivity index (χ4n) is 1.80. The van der Waals surface area contributed by atoms with Gasteiger partial charge in [0, 0.05) is 12.6 Å². The zero-order valence-corrected chi connectivity index (χ0v) is 12.0. The molecule has 0 heterocycles. The molecular formula is C13H23N3O4. The van der Waals surface area contributed by atoms with Crippen LogP contribution in [-0.4, -0.2) is 53.6 Å². The topological polar surface area (TPSA) is 98.7 Å². The van der Waals surface area contributed by atoms with Crippen LogP contribution >= 0.6 is 0 Å². The zero-order chi connectivity index (χ0) is 15.1. The second kappa shape index (κ2) is 7.84. The number of nitrogens with one attached hydrogen (secondary N) is 2. The first-order chi connectivity index (χ1) is 9.38. The molecule has 0 aliphatic heterocycles. The Kier molecular flexibility index (Phi) is 6.44. The Labute approximate surface area is 118 Å². The van der Waals surface area contributed by atoms with Crippen LogP contribution in [0.1, 0.15) is 33.1 Å². The van der Waals surface area contributed by atoms with E-state index in [9.17, 15) is 14.4 Å². The third kappa shape index (κ3) is 7.08. The minimum absolute atomic E-state index is 0.0609. The fraction of sp³-hybridized carbons (Fsp3) is 0.769. The van der Waals surface area contributed by atoms with Crippen LogP contribution in [-0.2, 0) is 9.59 Å². The number of urea groups is 1. The number of carbonyl (C=O) groups is 3. The highest BCUT2D eigenvalue weighted by molar-refractivity contribution is 5.95. The summed E-state index contributed by atoms with van der Waals surface area (Å²) in [6.45, 7) is 4.37. The highest BCUT2D eigenvalue weighted by Crippen LogP contribution is 2.26. The Morgan fingerprint density at radius 3 is 2.40 bits per heavy atom. The van der Waals surface area contributed by atoms with Crippen molar-refractivity contribution in [3.05, 3.63) is 0 Å². The predicted octanol–water partition coefficient (Wildman–Crippen LogP) is 0.407. The Morgan fingerprint density at radius 1 is 1.25 bits per heavy atom. The normalized spacial score (nSPS) is 14.4. The highest BCUT2D eigenvalue weighted by atomic mass is 16.4. The van der Waals surface area contributed by atoms with Gasteiger partial charge in [-0.25, -0.2) is 4.79 Å². The van der Waals surface area contributed by atoms with E-state index in [4.69, 9.17) is 5.11 Å². The zero-order valence-electron chi connectivity index (χ0n) is 12.0. The van der Waals surface area contributed by atoms with Gasteiger partial charge in [0.25, 0.3) is 0 Å². The molecule has 0 bridgehead atoms. The third-order valence-corrected chi connectivity index (χ3v) is 3.01. The van der Waals surface area contributed by atoms with Crippen LogP contribution in [0.4, 0.5) is 4.79 Å². The van der Waals surface area contributed by atoms with Gasteiger partial charge in [0.1, 0.15) is 0 Å². The molecule has 20 heavy (non-hydrogen) atoms. The summed E-state index contributed by atoms with van der Waals surface area (Å²) in [5.74, 6) is -0.960. The van der Waals surface area contributed by atoms with Gasteiger partial charge < -0.3 is 10.4 Å². The Hall–Kier alpha value is -1.63. The molecule has 0 aromatic carbocycles. The molecule has 0 aromatic rings. The second-order valence-electron chi connectivity index (χ2n) is 5.52. The minimum atomic E-state index is -0.967. The van der Waals surface area contributed by atoms with Gasteiger partial charge in [-0.3, -0.25) is 19.8 Å². The Balaban J connectivity index is 2.26. The van der Waals surface area contributed by atoms with E-state index in [1.54, 1.807) is 4.90 Å². The summed E-state index contributed by atoms with van der Waals surface area (Å²) < 4.78 is 0. The van der Waals surface area contributed by atoms with Gasteiger partial charge in [0.05, 0.1) is 13.1 Å². The van der Waals surface area contributed by atoms with Gasteiger partial charge in [-0.15, -0.1) is 0 Å². The first kappa shape index (κ1) is 16.4. The number of aliphatic carboxylic acids is 1. The number of nitrogens with zero attached hydrogens (tertiary/aromatic N) is 1. The van der Waals surface area contributed by atoms with Crippen molar-refractivity contribution < 1.29 is 19.5 Å². The summed E-state index contributed by atoms with van der Waals surface area (Å²) in [5.41, 5.74) is 0. The molecular weight excluding hydrogens is 262 g/mol. The lowest BCUT2D eigenvalue weighted by Crippen LogP contribution is -2.46. The first-order valence-electron chi connectivity index (χ1n) is 6.92. The standard InChI is InChI=1S/C13H23N3O4/c1-9(2)5-6-14-13(20)15-11(17)7-16(8-12(18)19)10-3-4-10/h9-10H,3-8H2,1-2H3,(H,18,19)(H2,14,15,17,20). The van der Waals surface area contributed by atoms with Crippen molar-refractivity contribution in [3.63, 3.8) is 0 Å². The van der Waals surface area contributed by atoms with Crippen molar-refractivity contribution in [1.82, 2.24) is 15.5 Å². The highest BCUT2D eigenvalue weighted by Gasteiger charge is 2.31. The molecule has 3 amide bonds. The maximum absolute atomic E-state index is 11.7. The molecule has 1 aliphatic rings. The van der Waals surface area contributed by atoms with Gasteiger partial charge in [0.2, 0.25) is 5.91 Å². The average Bonchev–Trinajstić information content (AvgIpc) is 3.10. The molecule has 7 nitrogen and oxygen atoms in total. The lowest BCUT2D eigenvalue weighted by molar-refractivity contribution is -0.138. The van der Waals surface area contributed by atoms with Gasteiger partial charge in [-0.1, -0.05) is 13.8 Å². The van der Waals surface area contributed by atoms with Crippen LogP contribution in [0, 0.1) is 5.92 Å². The monoisotopic (exact) mass is 285 g/mol. The number of hydrogen-bond donors (Lipinski definition) is 3. The summed E-state index contributed by atoms with van der Waals surface area (Å²) in [7, 11) is 0. The summed E-state index contributed by atoms with van der Waals surface area (Å²) >= 11 is 0. The van der Waals surface area contributed by atoms with Crippen molar-refractivity contribution in [2.24, 2.45) is 5.92 Å². The van der Waals surface area contributed by atoms with Gasteiger partial charge >= 0.3 is 12.0 Å². The van der Waals surface area contributed by atoms with E-state index in [0.29, 0.717) is 12.5 Å². The molecule has 1 saturated carbocycles. The van der Waals surface area contributed by atoms with Crippen molar-refractivity contribution in [3.8, 4) is 0 Å². The molecule has 114 valence electrons. The number of imide groups is 1. The third-order valence-electron chi connectivity index (χ3n) is 3.01. The largest absolute Gasteiger partial charge is 0.480 e. The summed E-state index contributed by atoms with van der Waals surface area (Å²) in [6.07, 6.45) is 2.65. The molecule has 0 saturated heterocycles. The molecule has 7 heteroatoms. The van der Waals surface area contributed by atoms with E-state index in [0.717, 1.165) is 19.3 Å². The maximum atomic E-state index is 11.7. The van der Waals surface area contributed by atoms with E-state index in [-0.39, 0.29) is 19.1 Å². The molecule has 3 N–H and O–H groups in total. The van der Waals surface area contributed by atoms with Crippen molar-refractivity contribution in [2.75, 3.05) is 19.6 Å². The van der Waals surface area contributed by atoms with Crippen molar-refractivity contribution in [1.29, 1.82) is 0 Å². The Bertz CT molecular complexity index is 367. The first-order valence-corrected chi connectivity index (χ1v) is 6.92. The van der Waals surface area contributed by atoms with Crippen LogP contribution in [0.2, 0.25) is 0 Å². The number of rotatable bonds is 8. The predicted molar refractivity (Wildman–Crippen MR) is 73.2 cm³/mol. The Morgan fingerprint density at radius 2 is 1.90 bits per heavy atom. The molecule has 1 aliphatic carbocycles. The van der Waals surface area contributed by atoms with Gasteiger partial charge in [0.15, 0.2) is 0 Å². The average molecular weight is 285 g/mol. The van der Waals surface area contributed by atoms with E-state index < -0.39 is 17.9 Å². The molecule has 1 rings (SSSR count). The molecule has 1 fully saturated rings. The lowest BCUT2D eigenvalue weighted by atomic mass is 10.1. The molecule has 0 atom stereocenters. The van der Waals surface area contributed by atoms with E-state index in [1.165, 1.54) is 0 Å². The summed E-state index contributed by atoms with van der Waals surface area (Å²) in [4.78, 5) is 35.4. The van der Waals surface area contributed by atoms with E-state index >= 15 is 0 Å². The SMILES string of the molecule is CC(C)CCNC(=O)NC(=O)CN(CC(=O)O)C1CC1. The van der Waals surface area contributed by atoms with E-state index in [1.807, 2.05) is 13.8 Å². The van der Waals surface area contributed by atoms with Crippen LogP contribution < -0.4 is 10.6 Å². The fourth-order valence-corrected chi connectivity index (χ4v) is 1.80. The van der Waals surface area contributed by atoms with Crippen LogP contribution in [0.15, 0.2) is 0 Å². The van der Waals surface area contributed by atoms with Gasteiger partial charge in [-0.05, 0) is 25.2 Å². The number of carbonyl (C=O) groups excluding carboxylic acids is 2. The summed E-state index contributed by atoms with van der Waals surface area (Å²) in [6, 6.07) is -0.373. The smallest absolute Gasteiger partial charge is 0.321 e.